The van der Waals surface area contributed by atoms with Gasteiger partial charge in [-0.05, 0) is 6.92 Å². The van der Waals surface area contributed by atoms with E-state index in [2.05, 4.69) is 25.8 Å². The molecule has 15 heavy (non-hydrogen) atoms. The number of hydrogen-bond donors (Lipinski definition) is 3. The summed E-state index contributed by atoms with van der Waals surface area (Å²) in [6, 6.07) is 0. The molecule has 0 bridgehead atoms. The maximum Gasteiger partial charge on any atom is 0.288 e. The summed E-state index contributed by atoms with van der Waals surface area (Å²) >= 11 is 0. The van der Waals surface area contributed by atoms with Crippen molar-refractivity contribution in [2.45, 2.75) is 13.3 Å². The van der Waals surface area contributed by atoms with Crippen molar-refractivity contribution in [1.82, 2.24) is 25.8 Å². The van der Waals surface area contributed by atoms with Crippen molar-refractivity contribution in [2.75, 3.05) is 13.1 Å². The smallest absolute Gasteiger partial charge is 0.288 e. The van der Waals surface area contributed by atoms with Crippen molar-refractivity contribution >= 4 is 11.8 Å². The predicted octanol–water partition coefficient (Wildman–Crippen LogP) is -0.939. The molecule has 0 unspecified atom stereocenters. The third-order valence-electron chi connectivity index (χ3n) is 1.64. The lowest BCUT2D eigenvalue weighted by Crippen LogP contribution is -2.31. The minimum Gasteiger partial charge on any atom is -0.356 e. The zero-order valence-corrected chi connectivity index (χ0v) is 8.41. The standard InChI is InChI=1S/C8H13N5O2/c1-2-9-6(14)3-4-10-8(15)7-11-5-12-13-7/h5H,2-4H2,1H3,(H,9,14)(H,10,15)(H,11,12,13). The first kappa shape index (κ1) is 11.2. The highest BCUT2D eigenvalue weighted by atomic mass is 16.2. The van der Waals surface area contributed by atoms with Crippen molar-refractivity contribution in [1.29, 1.82) is 0 Å². The summed E-state index contributed by atoms with van der Waals surface area (Å²) in [6.45, 7) is 2.71. The van der Waals surface area contributed by atoms with Gasteiger partial charge in [-0.15, -0.1) is 0 Å². The van der Waals surface area contributed by atoms with Gasteiger partial charge in [-0.2, -0.15) is 5.10 Å². The molecule has 0 aliphatic rings. The Balaban J connectivity index is 2.21. The Kier molecular flexibility index (Phi) is 4.27. The molecule has 0 aromatic carbocycles. The number of aromatic nitrogens is 3. The van der Waals surface area contributed by atoms with E-state index < -0.39 is 0 Å². The third kappa shape index (κ3) is 3.75. The summed E-state index contributed by atoms with van der Waals surface area (Å²) in [5.41, 5.74) is 0. The molecule has 2 amide bonds. The van der Waals surface area contributed by atoms with Crippen LogP contribution in [0.3, 0.4) is 0 Å². The van der Waals surface area contributed by atoms with Crippen LogP contribution >= 0.6 is 0 Å². The summed E-state index contributed by atoms with van der Waals surface area (Å²) in [5, 5.41) is 11.1. The molecule has 1 rings (SSSR count). The van der Waals surface area contributed by atoms with Gasteiger partial charge in [0.15, 0.2) is 0 Å². The number of amides is 2. The highest BCUT2D eigenvalue weighted by Gasteiger charge is 2.08. The quantitative estimate of drug-likeness (QED) is 0.585. The van der Waals surface area contributed by atoms with Crippen molar-refractivity contribution in [2.24, 2.45) is 0 Å². The van der Waals surface area contributed by atoms with Crippen LogP contribution in [0.15, 0.2) is 6.33 Å². The Bertz CT molecular complexity index is 322. The number of H-pyrrole nitrogens is 1. The molecule has 0 saturated heterocycles. The van der Waals surface area contributed by atoms with Crippen LogP contribution < -0.4 is 10.6 Å². The molecule has 0 fully saturated rings. The average molecular weight is 211 g/mol. The zero-order chi connectivity index (χ0) is 11.1. The Hall–Kier alpha value is -1.92. The number of nitrogens with one attached hydrogen (secondary N) is 3. The largest absolute Gasteiger partial charge is 0.356 e. The molecule has 7 nitrogen and oxygen atoms in total. The molecule has 0 spiro atoms. The van der Waals surface area contributed by atoms with E-state index in [4.69, 9.17) is 0 Å². The van der Waals surface area contributed by atoms with Crippen LogP contribution in [0, 0.1) is 0 Å². The maximum atomic E-state index is 11.3. The van der Waals surface area contributed by atoms with Gasteiger partial charge in [0.1, 0.15) is 6.33 Å². The Morgan fingerprint density at radius 1 is 1.47 bits per heavy atom. The van der Waals surface area contributed by atoms with Crippen molar-refractivity contribution < 1.29 is 9.59 Å². The minimum absolute atomic E-state index is 0.0876. The molecule has 7 heteroatoms. The van der Waals surface area contributed by atoms with E-state index >= 15 is 0 Å². The first-order chi connectivity index (χ1) is 7.24. The number of rotatable bonds is 5. The first-order valence-corrected chi connectivity index (χ1v) is 4.64. The normalized spacial score (nSPS) is 9.67. The summed E-state index contributed by atoms with van der Waals surface area (Å²) in [6.07, 6.45) is 1.51. The van der Waals surface area contributed by atoms with Gasteiger partial charge in [0.2, 0.25) is 11.7 Å². The molecule has 3 N–H and O–H groups in total. The van der Waals surface area contributed by atoms with Gasteiger partial charge >= 0.3 is 0 Å². The van der Waals surface area contributed by atoms with Gasteiger partial charge in [0, 0.05) is 19.5 Å². The Morgan fingerprint density at radius 2 is 2.27 bits per heavy atom. The highest BCUT2D eigenvalue weighted by molar-refractivity contribution is 5.90. The lowest BCUT2D eigenvalue weighted by atomic mass is 10.4. The van der Waals surface area contributed by atoms with Crippen LogP contribution in [-0.4, -0.2) is 40.1 Å². The van der Waals surface area contributed by atoms with E-state index in [0.29, 0.717) is 6.54 Å². The number of carbonyl (C=O) groups is 2. The molecule has 82 valence electrons. The van der Waals surface area contributed by atoms with E-state index in [1.54, 1.807) is 0 Å². The second-order valence-electron chi connectivity index (χ2n) is 2.79. The molecule has 1 aromatic rings. The van der Waals surface area contributed by atoms with Crippen LogP contribution in [0.4, 0.5) is 0 Å². The molecule has 0 aliphatic heterocycles. The first-order valence-electron chi connectivity index (χ1n) is 4.64. The fourth-order valence-electron chi connectivity index (χ4n) is 0.974. The van der Waals surface area contributed by atoms with E-state index in [1.807, 2.05) is 6.92 Å². The van der Waals surface area contributed by atoms with Crippen LogP contribution in [-0.2, 0) is 4.79 Å². The van der Waals surface area contributed by atoms with Crippen LogP contribution in [0.1, 0.15) is 24.0 Å². The predicted molar refractivity (Wildman–Crippen MR) is 52.0 cm³/mol. The van der Waals surface area contributed by atoms with Gasteiger partial charge in [-0.25, -0.2) is 4.98 Å². The molecule has 0 aliphatic carbocycles. The van der Waals surface area contributed by atoms with E-state index in [9.17, 15) is 9.59 Å². The second-order valence-corrected chi connectivity index (χ2v) is 2.79. The lowest BCUT2D eigenvalue weighted by molar-refractivity contribution is -0.120. The zero-order valence-electron chi connectivity index (χ0n) is 8.41. The molecule has 0 atom stereocenters. The van der Waals surface area contributed by atoms with Crippen LogP contribution in [0.5, 0.6) is 0 Å². The summed E-state index contributed by atoms with van der Waals surface area (Å²) in [7, 11) is 0. The molecule has 0 radical (unpaired) electrons. The Labute approximate surface area is 86.7 Å². The average Bonchev–Trinajstić information content (AvgIpc) is 2.70. The number of aromatic amines is 1. The number of hydrogen-bond acceptors (Lipinski definition) is 4. The molecular weight excluding hydrogens is 198 g/mol. The van der Waals surface area contributed by atoms with Gasteiger partial charge in [0.05, 0.1) is 0 Å². The van der Waals surface area contributed by atoms with Gasteiger partial charge in [-0.3, -0.25) is 14.7 Å². The van der Waals surface area contributed by atoms with Gasteiger partial charge in [0.25, 0.3) is 5.91 Å². The fourth-order valence-corrected chi connectivity index (χ4v) is 0.974. The van der Waals surface area contributed by atoms with Gasteiger partial charge in [-0.1, -0.05) is 0 Å². The van der Waals surface area contributed by atoms with E-state index in [0.717, 1.165) is 0 Å². The lowest BCUT2D eigenvalue weighted by Gasteiger charge is -2.02. The molecule has 0 saturated carbocycles. The maximum absolute atomic E-state index is 11.3. The number of nitrogens with zero attached hydrogens (tertiary/aromatic N) is 2. The number of carbonyl (C=O) groups excluding carboxylic acids is 2. The summed E-state index contributed by atoms with van der Waals surface area (Å²) in [5.74, 6) is -0.307. The fraction of sp³-hybridized carbons (Fsp3) is 0.500. The van der Waals surface area contributed by atoms with Crippen molar-refractivity contribution in [3.63, 3.8) is 0 Å². The van der Waals surface area contributed by atoms with Gasteiger partial charge < -0.3 is 10.6 Å². The van der Waals surface area contributed by atoms with E-state index in [1.165, 1.54) is 6.33 Å². The molecule has 1 heterocycles. The van der Waals surface area contributed by atoms with E-state index in [-0.39, 0.29) is 30.6 Å². The topological polar surface area (TPSA) is 99.8 Å². The SMILES string of the molecule is CCNC(=O)CCNC(=O)c1ncn[nH]1. The molecule has 1 aromatic heterocycles. The van der Waals surface area contributed by atoms with Crippen molar-refractivity contribution in [3.8, 4) is 0 Å². The summed E-state index contributed by atoms with van der Waals surface area (Å²) in [4.78, 5) is 26.0. The van der Waals surface area contributed by atoms with Crippen LogP contribution in [0.2, 0.25) is 0 Å². The Morgan fingerprint density at radius 3 is 2.87 bits per heavy atom. The van der Waals surface area contributed by atoms with Crippen molar-refractivity contribution in [3.05, 3.63) is 12.2 Å². The minimum atomic E-state index is -0.364. The monoisotopic (exact) mass is 211 g/mol. The molecular formula is C8H13N5O2. The highest BCUT2D eigenvalue weighted by Crippen LogP contribution is 1.85. The third-order valence-corrected chi connectivity index (χ3v) is 1.64. The summed E-state index contributed by atoms with van der Waals surface area (Å²) < 4.78 is 0. The van der Waals surface area contributed by atoms with Crippen LogP contribution in [0.25, 0.3) is 0 Å². The second kappa shape index (κ2) is 5.74.